The van der Waals surface area contributed by atoms with Crippen LogP contribution in [0.5, 0.6) is 0 Å². The number of benzene rings is 2. The summed E-state index contributed by atoms with van der Waals surface area (Å²) in [5, 5.41) is 18.3. The first kappa shape index (κ1) is 30.7. The minimum absolute atomic E-state index is 0.0449. The summed E-state index contributed by atoms with van der Waals surface area (Å²) in [7, 11) is 0. The zero-order valence-corrected chi connectivity index (χ0v) is 22.9. The predicted molar refractivity (Wildman–Crippen MR) is 148 cm³/mol. The van der Waals surface area contributed by atoms with Gasteiger partial charge in [-0.2, -0.15) is 0 Å². The number of rotatable bonds is 14. The Hall–Kier alpha value is -4.87. The lowest BCUT2D eigenvalue weighted by atomic mass is 9.91. The monoisotopic (exact) mass is 566 g/mol. The fourth-order valence-electron chi connectivity index (χ4n) is 4.22. The largest absolute Gasteiger partial charge is 0.465 e. The molecule has 5 N–H and O–H groups in total. The molecule has 0 aliphatic carbocycles. The first-order valence-electron chi connectivity index (χ1n) is 13.1. The van der Waals surface area contributed by atoms with Crippen LogP contribution in [0.4, 0.5) is 4.79 Å². The van der Waals surface area contributed by atoms with Crippen LogP contribution in [0.3, 0.4) is 0 Å². The molecule has 1 aromatic heterocycles. The van der Waals surface area contributed by atoms with Gasteiger partial charge in [-0.05, 0) is 24.1 Å². The first-order chi connectivity index (χ1) is 19.6. The highest BCUT2D eigenvalue weighted by molar-refractivity contribution is 5.91. The Kier molecular flexibility index (Phi) is 10.8. The second-order valence-electron chi connectivity index (χ2n) is 9.54. The average molecular weight is 567 g/mol. The van der Waals surface area contributed by atoms with Gasteiger partial charge in [-0.1, -0.05) is 55.5 Å². The van der Waals surface area contributed by atoms with E-state index in [0.29, 0.717) is 5.56 Å². The van der Waals surface area contributed by atoms with Crippen LogP contribution in [0, 0.1) is 0 Å². The Labute approximate surface area is 236 Å². The molecule has 1 heterocycles. The molecule has 12 nitrogen and oxygen atoms in total. The number of esters is 2. The SMILES string of the molecule is CCC(=O)OCOC(=O)CCC(=O)NC(CNC(=O)C(C)(Cc1c[nH]c2ccccc12)NC(=O)O)c1ccccc1. The smallest absolute Gasteiger partial charge is 0.405 e. The van der Waals surface area contributed by atoms with Crippen molar-refractivity contribution in [3.8, 4) is 0 Å². The maximum atomic E-state index is 13.4. The van der Waals surface area contributed by atoms with E-state index in [1.807, 2.05) is 24.3 Å². The predicted octanol–water partition coefficient (Wildman–Crippen LogP) is 2.94. The molecule has 41 heavy (non-hydrogen) atoms. The number of hydrogen-bond acceptors (Lipinski definition) is 7. The molecule has 0 radical (unpaired) electrons. The van der Waals surface area contributed by atoms with E-state index in [-0.39, 0.29) is 32.2 Å². The molecule has 2 atom stereocenters. The van der Waals surface area contributed by atoms with Crippen molar-refractivity contribution in [3.05, 3.63) is 71.9 Å². The van der Waals surface area contributed by atoms with E-state index in [1.54, 1.807) is 43.5 Å². The van der Waals surface area contributed by atoms with Gasteiger partial charge in [0.25, 0.3) is 0 Å². The summed E-state index contributed by atoms with van der Waals surface area (Å²) >= 11 is 0. The van der Waals surface area contributed by atoms with Gasteiger partial charge < -0.3 is 35.5 Å². The Morgan fingerprint density at radius 1 is 0.951 bits per heavy atom. The second-order valence-corrected chi connectivity index (χ2v) is 9.54. The van der Waals surface area contributed by atoms with Crippen molar-refractivity contribution in [1.82, 2.24) is 20.9 Å². The van der Waals surface area contributed by atoms with Crippen LogP contribution >= 0.6 is 0 Å². The van der Waals surface area contributed by atoms with Crippen LogP contribution in [0.25, 0.3) is 10.9 Å². The van der Waals surface area contributed by atoms with Crippen LogP contribution in [-0.2, 0) is 35.1 Å². The maximum absolute atomic E-state index is 13.4. The van der Waals surface area contributed by atoms with Gasteiger partial charge in [0.2, 0.25) is 18.6 Å². The zero-order chi connectivity index (χ0) is 29.8. The standard InChI is InChI=1S/C29H34N4O8/c1-3-25(35)40-18-41-26(36)14-13-24(34)32-23(19-9-5-4-6-10-19)17-31-27(37)29(2,33-28(38)39)15-20-16-30-22-12-8-7-11-21(20)22/h4-12,16,23,30,33H,3,13-15,17-18H2,1-2H3,(H,31,37)(H,32,34)(H,38,39). The third-order valence-electron chi connectivity index (χ3n) is 6.39. The quantitative estimate of drug-likeness (QED) is 0.146. The van der Waals surface area contributed by atoms with E-state index >= 15 is 0 Å². The lowest BCUT2D eigenvalue weighted by molar-refractivity contribution is -0.167. The number of aromatic amines is 1. The molecule has 2 aromatic carbocycles. The molecule has 3 amide bonds. The van der Waals surface area contributed by atoms with E-state index in [4.69, 9.17) is 4.74 Å². The average Bonchev–Trinajstić information content (AvgIpc) is 3.36. The highest BCUT2D eigenvalue weighted by atomic mass is 16.7. The summed E-state index contributed by atoms with van der Waals surface area (Å²) in [6.07, 6.45) is 0.169. The number of carbonyl (C=O) groups is 5. The summed E-state index contributed by atoms with van der Waals surface area (Å²) < 4.78 is 9.48. The Morgan fingerprint density at radius 3 is 2.34 bits per heavy atom. The number of carboxylic acid groups (broad SMARTS) is 1. The molecule has 3 aromatic rings. The molecule has 0 aliphatic rings. The molecule has 0 fully saturated rings. The summed E-state index contributed by atoms with van der Waals surface area (Å²) in [5.41, 5.74) is 0.793. The van der Waals surface area contributed by atoms with Crippen LogP contribution in [0.15, 0.2) is 60.8 Å². The number of fused-ring (bicyclic) bond motifs is 1. The van der Waals surface area contributed by atoms with Gasteiger partial charge in [0.1, 0.15) is 5.54 Å². The van der Waals surface area contributed by atoms with E-state index in [1.165, 1.54) is 6.92 Å². The Morgan fingerprint density at radius 2 is 1.63 bits per heavy atom. The summed E-state index contributed by atoms with van der Waals surface area (Å²) in [6, 6.07) is 15.7. The molecule has 0 aliphatic heterocycles. The summed E-state index contributed by atoms with van der Waals surface area (Å²) in [6.45, 7) is 2.54. The van der Waals surface area contributed by atoms with Crippen molar-refractivity contribution in [3.63, 3.8) is 0 Å². The molecule has 0 saturated heterocycles. The normalized spacial score (nSPS) is 12.9. The Balaban J connectivity index is 1.65. The number of aromatic nitrogens is 1. The topological polar surface area (TPSA) is 176 Å². The summed E-state index contributed by atoms with van der Waals surface area (Å²) in [4.78, 5) is 63.9. The molecule has 0 bridgehead atoms. The highest BCUT2D eigenvalue weighted by Crippen LogP contribution is 2.23. The highest BCUT2D eigenvalue weighted by Gasteiger charge is 2.36. The molecule has 2 unspecified atom stereocenters. The van der Waals surface area contributed by atoms with Gasteiger partial charge >= 0.3 is 18.0 Å². The third kappa shape index (κ3) is 9.09. The fourth-order valence-corrected chi connectivity index (χ4v) is 4.22. The Bertz CT molecular complexity index is 1370. The van der Waals surface area contributed by atoms with E-state index in [2.05, 4.69) is 25.7 Å². The second kappa shape index (κ2) is 14.5. The van der Waals surface area contributed by atoms with Gasteiger partial charge in [0.05, 0.1) is 12.5 Å². The molecule has 0 saturated carbocycles. The zero-order valence-electron chi connectivity index (χ0n) is 22.9. The lowest BCUT2D eigenvalue weighted by Gasteiger charge is -2.29. The van der Waals surface area contributed by atoms with Crippen molar-refractivity contribution in [2.45, 2.75) is 51.1 Å². The molecule has 0 spiro atoms. The molecule has 12 heteroatoms. The number of H-pyrrole nitrogens is 1. The van der Waals surface area contributed by atoms with Crippen LogP contribution < -0.4 is 16.0 Å². The van der Waals surface area contributed by atoms with Crippen LogP contribution in [0.1, 0.15) is 50.3 Å². The lowest BCUT2D eigenvalue weighted by Crippen LogP contribution is -2.58. The van der Waals surface area contributed by atoms with Gasteiger partial charge in [0, 0.05) is 42.9 Å². The molecule has 218 valence electrons. The van der Waals surface area contributed by atoms with Crippen molar-refractivity contribution in [2.24, 2.45) is 0 Å². The van der Waals surface area contributed by atoms with E-state index in [9.17, 15) is 29.1 Å². The summed E-state index contributed by atoms with van der Waals surface area (Å²) in [5.74, 6) is -2.27. The molecular formula is C29H34N4O8. The van der Waals surface area contributed by atoms with Gasteiger partial charge in [-0.15, -0.1) is 0 Å². The van der Waals surface area contributed by atoms with Gasteiger partial charge in [-0.25, -0.2) is 4.79 Å². The van der Waals surface area contributed by atoms with E-state index in [0.717, 1.165) is 16.5 Å². The number of hydrogen-bond donors (Lipinski definition) is 5. The fraction of sp³-hybridized carbons (Fsp3) is 0.345. The first-order valence-corrected chi connectivity index (χ1v) is 13.1. The minimum atomic E-state index is -1.52. The van der Waals surface area contributed by atoms with Crippen LogP contribution in [0.2, 0.25) is 0 Å². The minimum Gasteiger partial charge on any atom is -0.465 e. The van der Waals surface area contributed by atoms with Crippen LogP contribution in [-0.4, -0.2) is 58.8 Å². The van der Waals surface area contributed by atoms with Crippen molar-refractivity contribution < 1.29 is 38.6 Å². The number of nitrogens with one attached hydrogen (secondary N) is 4. The van der Waals surface area contributed by atoms with E-state index < -0.39 is 48.2 Å². The maximum Gasteiger partial charge on any atom is 0.405 e. The number of ether oxygens (including phenoxy) is 2. The van der Waals surface area contributed by atoms with Crippen molar-refractivity contribution in [1.29, 1.82) is 0 Å². The number of carbonyl (C=O) groups excluding carboxylic acids is 4. The number of para-hydroxylation sites is 1. The molecule has 3 rings (SSSR count). The van der Waals surface area contributed by atoms with Gasteiger partial charge in [0.15, 0.2) is 0 Å². The molecular weight excluding hydrogens is 532 g/mol. The number of amides is 3. The van der Waals surface area contributed by atoms with Crippen molar-refractivity contribution >= 4 is 40.7 Å². The van der Waals surface area contributed by atoms with Crippen molar-refractivity contribution in [2.75, 3.05) is 13.3 Å². The third-order valence-corrected chi connectivity index (χ3v) is 6.39. The van der Waals surface area contributed by atoms with Gasteiger partial charge in [-0.3, -0.25) is 19.2 Å².